The summed E-state index contributed by atoms with van der Waals surface area (Å²) in [7, 11) is 0. The molecule has 0 aromatic rings. The molecule has 6 aliphatic rings. The third kappa shape index (κ3) is 3.05. The van der Waals surface area contributed by atoms with Crippen molar-refractivity contribution in [2.75, 3.05) is 0 Å². The van der Waals surface area contributed by atoms with E-state index in [9.17, 15) is 20.1 Å². The van der Waals surface area contributed by atoms with Gasteiger partial charge in [0, 0.05) is 22.2 Å². The highest BCUT2D eigenvalue weighted by atomic mass is 17.2. The van der Waals surface area contributed by atoms with Crippen LogP contribution >= 0.6 is 0 Å². The second-order valence-electron chi connectivity index (χ2n) is 14.6. The molecule has 3 N–H and O–H groups in total. The quantitative estimate of drug-likeness (QED) is 0.304. The van der Waals surface area contributed by atoms with E-state index in [1.165, 1.54) is 5.57 Å². The fraction of sp³-hybridized carbons (Fsp3) is 0.839. The number of carbonyl (C=O) groups is 1. The first-order valence-corrected chi connectivity index (χ1v) is 14.4. The number of rotatable bonds is 6. The maximum atomic E-state index is 12.7. The van der Waals surface area contributed by atoms with Crippen LogP contribution in [0, 0.1) is 39.4 Å². The van der Waals surface area contributed by atoms with Crippen molar-refractivity contribution < 1.29 is 29.9 Å². The van der Waals surface area contributed by atoms with Crippen molar-refractivity contribution in [3.63, 3.8) is 0 Å². The Morgan fingerprint density at radius 2 is 1.78 bits per heavy atom. The Bertz CT molecular complexity index is 1020. The molecule has 9 atom stereocenters. The van der Waals surface area contributed by atoms with Crippen molar-refractivity contribution in [3.05, 3.63) is 23.8 Å². The van der Waals surface area contributed by atoms with E-state index in [2.05, 4.69) is 61.1 Å². The van der Waals surface area contributed by atoms with Crippen molar-refractivity contribution in [3.8, 4) is 0 Å². The molecule has 0 radical (unpaired) electrons. The average molecular weight is 517 g/mol. The van der Waals surface area contributed by atoms with Gasteiger partial charge in [0.1, 0.15) is 11.2 Å². The van der Waals surface area contributed by atoms with E-state index in [4.69, 9.17) is 9.78 Å². The van der Waals surface area contributed by atoms with Crippen LogP contribution in [0.1, 0.15) is 99.8 Å². The molecule has 6 nitrogen and oxygen atoms in total. The van der Waals surface area contributed by atoms with Crippen molar-refractivity contribution in [1.82, 2.24) is 0 Å². The Hall–Kier alpha value is -1.21. The molecule has 37 heavy (non-hydrogen) atoms. The summed E-state index contributed by atoms with van der Waals surface area (Å²) in [4.78, 5) is 25.8. The Morgan fingerprint density at radius 3 is 2.35 bits per heavy atom. The van der Waals surface area contributed by atoms with Crippen LogP contribution in [0.2, 0.25) is 0 Å². The van der Waals surface area contributed by atoms with Crippen LogP contribution in [0.5, 0.6) is 0 Å². The highest BCUT2D eigenvalue weighted by Crippen LogP contribution is 2.79. The third-order valence-corrected chi connectivity index (χ3v) is 12.9. The maximum Gasteiger partial charge on any atom is 0.306 e. The average Bonchev–Trinajstić information content (AvgIpc) is 3.03. The molecule has 0 unspecified atom stereocenters. The first kappa shape index (κ1) is 27.4. The molecule has 5 fully saturated rings. The maximum absolute atomic E-state index is 12.7. The number of hydrogen-bond donors (Lipinski definition) is 3. The summed E-state index contributed by atoms with van der Waals surface area (Å²) >= 11 is 0. The van der Waals surface area contributed by atoms with E-state index in [0.717, 1.165) is 24.8 Å². The van der Waals surface area contributed by atoms with Gasteiger partial charge in [0.15, 0.2) is 0 Å². The van der Waals surface area contributed by atoms with E-state index in [0.29, 0.717) is 38.0 Å². The summed E-state index contributed by atoms with van der Waals surface area (Å²) in [6.07, 6.45) is 6.49. The molecular weight excluding hydrogens is 468 g/mol. The monoisotopic (exact) mass is 516 g/mol. The van der Waals surface area contributed by atoms with Crippen LogP contribution in [0.4, 0.5) is 0 Å². The minimum atomic E-state index is -0.836. The number of allylic oxidation sites excluding steroid dienone is 2. The highest BCUT2D eigenvalue weighted by molar-refractivity contribution is 5.71. The van der Waals surface area contributed by atoms with Crippen molar-refractivity contribution in [2.24, 2.45) is 39.4 Å². The molecule has 0 aromatic heterocycles. The predicted octanol–water partition coefficient (Wildman–Crippen LogP) is 5.82. The van der Waals surface area contributed by atoms with Crippen molar-refractivity contribution >= 4 is 5.97 Å². The van der Waals surface area contributed by atoms with E-state index in [1.54, 1.807) is 0 Å². The van der Waals surface area contributed by atoms with Gasteiger partial charge in [0.2, 0.25) is 0 Å². The lowest BCUT2D eigenvalue weighted by Gasteiger charge is -2.74. The lowest BCUT2D eigenvalue weighted by molar-refractivity contribution is -0.522. The summed E-state index contributed by atoms with van der Waals surface area (Å²) in [5, 5.41) is 33.0. The minimum absolute atomic E-state index is 0.291. The summed E-state index contributed by atoms with van der Waals surface area (Å²) in [5.74, 6) is -1.58. The van der Waals surface area contributed by atoms with Gasteiger partial charge in [-0.1, -0.05) is 66.7 Å². The number of fused-ring (bicyclic) bond motifs is 3. The van der Waals surface area contributed by atoms with Crippen molar-refractivity contribution in [2.45, 2.75) is 123 Å². The van der Waals surface area contributed by atoms with Gasteiger partial charge in [0.05, 0.1) is 18.1 Å². The summed E-state index contributed by atoms with van der Waals surface area (Å²) in [5.41, 5.74) is -0.752. The summed E-state index contributed by atoms with van der Waals surface area (Å²) in [6, 6.07) is 0. The Kier molecular flexibility index (Phi) is 6.03. The molecule has 6 heteroatoms. The second-order valence-corrected chi connectivity index (χ2v) is 14.6. The van der Waals surface area contributed by atoms with Gasteiger partial charge in [-0.05, 0) is 68.3 Å². The predicted molar refractivity (Wildman–Crippen MR) is 141 cm³/mol. The van der Waals surface area contributed by atoms with E-state index in [1.807, 2.05) is 0 Å². The first-order valence-electron chi connectivity index (χ1n) is 14.4. The van der Waals surface area contributed by atoms with Crippen LogP contribution in [-0.2, 0) is 14.6 Å². The zero-order valence-corrected chi connectivity index (χ0v) is 23.9. The Labute approximate surface area is 222 Å². The van der Waals surface area contributed by atoms with Crippen LogP contribution in [0.25, 0.3) is 0 Å². The SMILES string of the molecule is C=C(CC[C@@H](C(=O)O)[C@H]1[C@H](O)C[C@@]2(C)[C@]34CC[C@@]5(OO3)C(C)(C)[C@@H](O)CC[C@]5(C)C4=CC[C@]12C)C(C)C. The van der Waals surface area contributed by atoms with Crippen LogP contribution in [0.3, 0.4) is 0 Å². The smallest absolute Gasteiger partial charge is 0.306 e. The zero-order valence-electron chi connectivity index (χ0n) is 23.9. The molecule has 2 bridgehead atoms. The molecule has 2 spiro atoms. The van der Waals surface area contributed by atoms with Gasteiger partial charge in [-0.15, -0.1) is 0 Å². The van der Waals surface area contributed by atoms with Gasteiger partial charge in [0.25, 0.3) is 0 Å². The first-order chi connectivity index (χ1) is 17.0. The number of carboxylic acids is 1. The molecule has 208 valence electrons. The number of hydrogen-bond acceptors (Lipinski definition) is 5. The highest BCUT2D eigenvalue weighted by Gasteiger charge is 2.81. The Balaban J connectivity index is 1.58. The second kappa shape index (κ2) is 8.16. The molecular formula is C31H48O6. The Morgan fingerprint density at radius 1 is 1.11 bits per heavy atom. The van der Waals surface area contributed by atoms with Gasteiger partial charge < -0.3 is 15.3 Å². The molecule has 6 rings (SSSR count). The summed E-state index contributed by atoms with van der Waals surface area (Å²) in [6.45, 7) is 19.2. The normalized spacial score (nSPS) is 48.6. The topological polar surface area (TPSA) is 96.2 Å². The van der Waals surface area contributed by atoms with Gasteiger partial charge in [-0.2, -0.15) is 0 Å². The lowest BCUT2D eigenvalue weighted by atomic mass is 9.37. The molecule has 0 aromatic carbocycles. The van der Waals surface area contributed by atoms with Crippen LogP contribution in [-0.4, -0.2) is 44.7 Å². The molecule has 2 aliphatic heterocycles. The standard InChI is InChI=1S/C31H48O6/c1-18(2)19(3)9-10-20(25(34)35)24-21(32)17-29(8)28(24,7)13-11-22-27(6)14-12-23(33)26(4,5)31(27)16-15-30(22,29)36-37-31/h11,18,20-21,23-24,32-33H,3,9-10,12-17H2,1-2,4-8H3,(H,34,35)/t20-,21-,23+,24+,27-,28-,29-,30-,31-/m1/s1. The molecule has 2 heterocycles. The number of aliphatic hydroxyl groups is 2. The van der Waals surface area contributed by atoms with Gasteiger partial charge in [-0.3, -0.25) is 4.79 Å². The molecule has 0 amide bonds. The minimum Gasteiger partial charge on any atom is -0.481 e. The molecule has 4 aliphatic carbocycles. The zero-order chi connectivity index (χ0) is 27.4. The molecule has 3 saturated carbocycles. The van der Waals surface area contributed by atoms with Crippen LogP contribution in [0.15, 0.2) is 23.8 Å². The third-order valence-electron chi connectivity index (χ3n) is 12.9. The fourth-order valence-electron chi connectivity index (χ4n) is 10.0. The van der Waals surface area contributed by atoms with Gasteiger partial charge in [-0.25, -0.2) is 9.78 Å². The lowest BCUT2D eigenvalue weighted by Crippen LogP contribution is -2.78. The fourth-order valence-corrected chi connectivity index (χ4v) is 10.0. The number of aliphatic hydroxyl groups excluding tert-OH is 2. The van der Waals surface area contributed by atoms with E-state index < -0.39 is 57.5 Å². The van der Waals surface area contributed by atoms with Crippen molar-refractivity contribution in [1.29, 1.82) is 0 Å². The largest absolute Gasteiger partial charge is 0.481 e. The van der Waals surface area contributed by atoms with Crippen LogP contribution < -0.4 is 0 Å². The van der Waals surface area contributed by atoms with E-state index in [-0.39, 0.29) is 5.41 Å². The summed E-state index contributed by atoms with van der Waals surface area (Å²) < 4.78 is 0. The molecule has 2 saturated heterocycles. The number of aliphatic carboxylic acids is 1. The number of carboxylic acid groups (broad SMARTS) is 1. The van der Waals surface area contributed by atoms with Gasteiger partial charge >= 0.3 is 5.97 Å². The van der Waals surface area contributed by atoms with E-state index >= 15 is 0 Å².